The van der Waals surface area contributed by atoms with Gasteiger partial charge in [0.2, 0.25) is 0 Å². The summed E-state index contributed by atoms with van der Waals surface area (Å²) in [5, 5.41) is 14.3. The van der Waals surface area contributed by atoms with Gasteiger partial charge in [-0.3, -0.25) is 4.79 Å². The highest BCUT2D eigenvalue weighted by atomic mass is 79.9. The molecule has 6 heteroatoms. The van der Waals surface area contributed by atoms with Gasteiger partial charge >= 0.3 is 0 Å². The second kappa shape index (κ2) is 5.39. The third kappa shape index (κ3) is 3.22. The first kappa shape index (κ1) is 14.5. The zero-order valence-corrected chi connectivity index (χ0v) is 12.1. The Bertz CT molecular complexity index is 498. The smallest absolute Gasteiger partial charge is 0.252 e. The van der Waals surface area contributed by atoms with Gasteiger partial charge in [0.05, 0.1) is 5.54 Å². The van der Waals surface area contributed by atoms with Crippen LogP contribution < -0.4 is 11.1 Å². The van der Waals surface area contributed by atoms with E-state index in [1.165, 1.54) is 0 Å². The molecule has 0 bridgehead atoms. The van der Waals surface area contributed by atoms with Crippen LogP contribution in [0.4, 0.5) is 0 Å². The van der Waals surface area contributed by atoms with Gasteiger partial charge in [0.1, 0.15) is 0 Å². The van der Waals surface area contributed by atoms with Crippen molar-refractivity contribution in [2.24, 2.45) is 10.9 Å². The number of carbonyl (C=O) groups is 1. The zero-order chi connectivity index (χ0) is 13.9. The number of halogens is 1. The molecule has 0 radical (unpaired) electrons. The highest BCUT2D eigenvalue weighted by molar-refractivity contribution is 9.10. The molecule has 0 aliphatic rings. The van der Waals surface area contributed by atoms with Crippen molar-refractivity contribution < 1.29 is 10.0 Å². The molecule has 4 N–H and O–H groups in total. The molecule has 1 rings (SSSR count). The van der Waals surface area contributed by atoms with Crippen LogP contribution in [0.3, 0.4) is 0 Å². The van der Waals surface area contributed by atoms with Crippen molar-refractivity contribution in [2.45, 2.75) is 26.3 Å². The van der Waals surface area contributed by atoms with Crippen LogP contribution in [0, 0.1) is 6.92 Å². The van der Waals surface area contributed by atoms with Crippen LogP contribution in [0.5, 0.6) is 0 Å². The zero-order valence-electron chi connectivity index (χ0n) is 10.5. The number of amidine groups is 1. The van der Waals surface area contributed by atoms with Crippen molar-refractivity contribution in [3.05, 3.63) is 33.8 Å². The first-order valence-corrected chi connectivity index (χ1v) is 6.14. The molecule has 98 valence electrons. The monoisotopic (exact) mass is 313 g/mol. The van der Waals surface area contributed by atoms with Crippen LogP contribution >= 0.6 is 15.9 Å². The van der Waals surface area contributed by atoms with E-state index in [9.17, 15) is 4.79 Å². The number of carbonyl (C=O) groups excluding carboxylic acids is 1. The van der Waals surface area contributed by atoms with E-state index < -0.39 is 5.54 Å². The molecule has 0 aliphatic carbocycles. The molecule has 18 heavy (non-hydrogen) atoms. The highest BCUT2D eigenvalue weighted by Crippen LogP contribution is 2.17. The summed E-state index contributed by atoms with van der Waals surface area (Å²) in [6, 6.07) is 5.43. The number of amides is 1. The molecule has 0 unspecified atom stereocenters. The van der Waals surface area contributed by atoms with Crippen LogP contribution in [0.1, 0.15) is 29.8 Å². The van der Waals surface area contributed by atoms with Gasteiger partial charge in [-0.1, -0.05) is 27.2 Å². The summed E-state index contributed by atoms with van der Waals surface area (Å²) in [6.45, 7) is 5.17. The van der Waals surface area contributed by atoms with Crippen LogP contribution in [0.25, 0.3) is 0 Å². The Kier molecular flexibility index (Phi) is 4.34. The summed E-state index contributed by atoms with van der Waals surface area (Å²) in [5.74, 6) is -0.325. The Morgan fingerprint density at radius 2 is 2.11 bits per heavy atom. The lowest BCUT2D eigenvalue weighted by Crippen LogP contribution is -2.53. The molecule has 0 spiro atoms. The number of nitrogens with two attached hydrogens (primary N) is 1. The molecule has 0 heterocycles. The number of nitrogens with one attached hydrogen (secondary N) is 1. The molecule has 0 saturated carbocycles. The van der Waals surface area contributed by atoms with Crippen LogP contribution in [-0.4, -0.2) is 22.5 Å². The van der Waals surface area contributed by atoms with E-state index in [0.717, 1.165) is 10.0 Å². The van der Waals surface area contributed by atoms with E-state index in [-0.39, 0.29) is 11.7 Å². The Labute approximate surface area is 114 Å². The first-order chi connectivity index (χ1) is 8.27. The SMILES string of the molecule is Cc1ccc(Br)cc1C(=O)NC(C)(C)C(N)=NO. The average Bonchev–Trinajstić information content (AvgIpc) is 2.30. The number of nitrogens with zero attached hydrogens (tertiary/aromatic N) is 1. The fourth-order valence-corrected chi connectivity index (χ4v) is 1.74. The maximum absolute atomic E-state index is 12.1. The number of hydrogen-bond acceptors (Lipinski definition) is 3. The molecule has 0 aliphatic heterocycles. The molecule has 0 fully saturated rings. The van der Waals surface area contributed by atoms with Crippen molar-refractivity contribution in [1.29, 1.82) is 0 Å². The summed E-state index contributed by atoms with van der Waals surface area (Å²) in [4.78, 5) is 12.1. The van der Waals surface area contributed by atoms with Crippen molar-refractivity contribution in [3.8, 4) is 0 Å². The minimum atomic E-state index is -0.916. The van der Waals surface area contributed by atoms with Crippen molar-refractivity contribution in [3.63, 3.8) is 0 Å². The number of aryl methyl sites for hydroxylation is 1. The first-order valence-electron chi connectivity index (χ1n) is 5.34. The van der Waals surface area contributed by atoms with Gasteiger partial charge in [0.25, 0.3) is 5.91 Å². The largest absolute Gasteiger partial charge is 0.409 e. The van der Waals surface area contributed by atoms with E-state index in [0.29, 0.717) is 5.56 Å². The van der Waals surface area contributed by atoms with Crippen molar-refractivity contribution >= 4 is 27.7 Å². The summed E-state index contributed by atoms with van der Waals surface area (Å²) < 4.78 is 0.819. The molecule has 5 nitrogen and oxygen atoms in total. The molecule has 1 aromatic rings. The van der Waals surface area contributed by atoms with Crippen LogP contribution in [-0.2, 0) is 0 Å². The van der Waals surface area contributed by atoms with E-state index in [1.54, 1.807) is 19.9 Å². The molecule has 0 aromatic heterocycles. The van der Waals surface area contributed by atoms with Crippen molar-refractivity contribution in [2.75, 3.05) is 0 Å². The topological polar surface area (TPSA) is 87.7 Å². The lowest BCUT2D eigenvalue weighted by atomic mass is 10.0. The van der Waals surface area contributed by atoms with Gasteiger partial charge in [-0.25, -0.2) is 0 Å². The quantitative estimate of drug-likeness (QED) is 0.345. The number of benzene rings is 1. The van der Waals surface area contributed by atoms with Crippen molar-refractivity contribution in [1.82, 2.24) is 5.32 Å². The lowest BCUT2D eigenvalue weighted by Gasteiger charge is -2.25. The predicted octanol–water partition coefficient (Wildman–Crippen LogP) is 2.01. The molecular formula is C12H16BrN3O2. The van der Waals surface area contributed by atoms with Gasteiger partial charge in [0.15, 0.2) is 5.84 Å². The predicted molar refractivity (Wildman–Crippen MR) is 73.8 cm³/mol. The van der Waals surface area contributed by atoms with Crippen LogP contribution in [0.2, 0.25) is 0 Å². The minimum Gasteiger partial charge on any atom is -0.409 e. The Hall–Kier alpha value is -1.56. The molecule has 0 atom stereocenters. The van der Waals surface area contributed by atoms with Gasteiger partial charge in [-0.15, -0.1) is 0 Å². The fourth-order valence-electron chi connectivity index (χ4n) is 1.38. The Balaban J connectivity index is 2.99. The fraction of sp³-hybridized carbons (Fsp3) is 0.333. The van der Waals surface area contributed by atoms with E-state index >= 15 is 0 Å². The molecule has 1 aromatic carbocycles. The second-order valence-corrected chi connectivity index (χ2v) is 5.44. The molecule has 0 saturated heterocycles. The van der Waals surface area contributed by atoms with Gasteiger partial charge < -0.3 is 16.3 Å². The second-order valence-electron chi connectivity index (χ2n) is 4.52. The van der Waals surface area contributed by atoms with E-state index in [4.69, 9.17) is 10.9 Å². The number of rotatable bonds is 3. The minimum absolute atomic E-state index is 0.0523. The number of hydrogen-bond donors (Lipinski definition) is 3. The summed E-state index contributed by atoms with van der Waals surface area (Å²) in [6.07, 6.45) is 0. The summed E-state index contributed by atoms with van der Waals surface area (Å²) >= 11 is 3.32. The maximum Gasteiger partial charge on any atom is 0.252 e. The Morgan fingerprint density at radius 3 is 2.67 bits per heavy atom. The third-order valence-corrected chi connectivity index (χ3v) is 3.11. The average molecular weight is 314 g/mol. The van der Waals surface area contributed by atoms with Crippen LogP contribution in [0.15, 0.2) is 27.8 Å². The standard InChI is InChI=1S/C12H16BrN3O2/c1-7-4-5-8(13)6-9(7)10(17)15-12(2,3)11(14)16-18/h4-6,18H,1-3H3,(H2,14,16)(H,15,17). The maximum atomic E-state index is 12.1. The molecule has 1 amide bonds. The lowest BCUT2D eigenvalue weighted by molar-refractivity contribution is 0.0930. The highest BCUT2D eigenvalue weighted by Gasteiger charge is 2.26. The number of oxime groups is 1. The normalized spacial score (nSPS) is 12.3. The molecular weight excluding hydrogens is 298 g/mol. The Morgan fingerprint density at radius 1 is 1.50 bits per heavy atom. The summed E-state index contributed by atoms with van der Waals surface area (Å²) in [5.41, 5.74) is 6.00. The third-order valence-electron chi connectivity index (χ3n) is 2.62. The summed E-state index contributed by atoms with van der Waals surface area (Å²) in [7, 11) is 0. The van der Waals surface area contributed by atoms with Gasteiger partial charge in [0, 0.05) is 10.0 Å². The van der Waals surface area contributed by atoms with E-state index in [2.05, 4.69) is 26.4 Å². The van der Waals surface area contributed by atoms with E-state index in [1.807, 2.05) is 19.1 Å². The van der Waals surface area contributed by atoms with Gasteiger partial charge in [-0.05, 0) is 38.5 Å². The van der Waals surface area contributed by atoms with Gasteiger partial charge in [-0.2, -0.15) is 0 Å².